The van der Waals surface area contributed by atoms with Gasteiger partial charge in [-0.25, -0.2) is 9.78 Å². The number of aromatic nitrogens is 4. The number of ether oxygens (including phenoxy) is 5. The van der Waals surface area contributed by atoms with Crippen LogP contribution in [0.5, 0.6) is 5.88 Å². The molecular weight excluding hydrogens is 609 g/mol. The number of rotatable bonds is 8. The number of nitrogens with one attached hydrogen (secondary N) is 1. The van der Waals surface area contributed by atoms with Gasteiger partial charge in [0, 0.05) is 19.2 Å². The van der Waals surface area contributed by atoms with E-state index in [4.69, 9.17) is 23.7 Å². The van der Waals surface area contributed by atoms with Gasteiger partial charge in [0.05, 0.1) is 30.7 Å². The molecule has 1 amide bonds. The number of alkyl halides is 3. The minimum Gasteiger partial charge on any atom is -0.474 e. The summed E-state index contributed by atoms with van der Waals surface area (Å²) in [5.74, 6) is -0.724. The molecular formula is C31H33F3N6O6. The van der Waals surface area contributed by atoms with E-state index in [1.54, 1.807) is 30.9 Å². The van der Waals surface area contributed by atoms with Gasteiger partial charge in [-0.3, -0.25) is 4.98 Å². The summed E-state index contributed by atoms with van der Waals surface area (Å²) in [5.41, 5.74) is 1.47. The second-order valence-electron chi connectivity index (χ2n) is 11.5. The summed E-state index contributed by atoms with van der Waals surface area (Å²) < 4.78 is 68.9. The van der Waals surface area contributed by atoms with Gasteiger partial charge < -0.3 is 33.9 Å². The Kier molecular flexibility index (Phi) is 9.06. The molecule has 4 atom stereocenters. The second-order valence-corrected chi connectivity index (χ2v) is 11.5. The SMILES string of the molecule is CC1(C)O[C@@H]2[C@H](O1)[C@@H](Nc1cncc(C(F)(F)F)n1)CO[C@@H]2COc1ccc(C2=CCN(C(=O)OCc3ccccc3)CC2)nn1. The van der Waals surface area contributed by atoms with E-state index in [-0.39, 0.29) is 37.6 Å². The minimum absolute atomic E-state index is 0.0516. The first-order chi connectivity index (χ1) is 22.0. The standard InChI is InChI=1S/C31H33F3N6O6/c1-30(2)45-27-22(36-25-15-35-14-24(37-25)31(32,33)34)17-42-23(28(27)46-30)18-43-26-9-8-21(38-39-26)20-10-12-40(13-11-20)29(41)44-16-19-6-4-3-5-7-19/h3-10,14-15,22-23,27-28H,11-13,16-18H2,1-2H3,(H,36,37)/t22-,23+,27+,28-/m0/s1. The van der Waals surface area contributed by atoms with Gasteiger partial charge >= 0.3 is 12.3 Å². The summed E-state index contributed by atoms with van der Waals surface area (Å²) in [6.45, 7) is 4.80. The maximum atomic E-state index is 13.1. The lowest BCUT2D eigenvalue weighted by atomic mass is 9.98. The third-order valence-electron chi connectivity index (χ3n) is 7.71. The summed E-state index contributed by atoms with van der Waals surface area (Å²) in [6, 6.07) is 12.5. The van der Waals surface area contributed by atoms with Crippen molar-refractivity contribution in [3.05, 3.63) is 77.9 Å². The number of benzene rings is 1. The quantitative estimate of drug-likeness (QED) is 0.373. The number of carbonyl (C=O) groups is 1. The number of halogens is 3. The molecule has 0 saturated carbocycles. The monoisotopic (exact) mass is 642 g/mol. The Hall–Kier alpha value is -4.34. The summed E-state index contributed by atoms with van der Waals surface area (Å²) in [5, 5.41) is 11.5. The molecule has 1 N–H and O–H groups in total. The van der Waals surface area contributed by atoms with Crippen LogP contribution < -0.4 is 10.1 Å². The van der Waals surface area contributed by atoms with Gasteiger partial charge in [0.25, 0.3) is 0 Å². The van der Waals surface area contributed by atoms with Crippen molar-refractivity contribution in [3.8, 4) is 5.88 Å². The molecule has 0 radical (unpaired) electrons. The number of hydrogen-bond donors (Lipinski definition) is 1. The molecule has 2 fully saturated rings. The Balaban J connectivity index is 1.02. The van der Waals surface area contributed by atoms with Gasteiger partial charge in [0.15, 0.2) is 11.5 Å². The number of carbonyl (C=O) groups excluding carboxylic acids is 1. The van der Waals surface area contributed by atoms with E-state index < -0.39 is 42.0 Å². The van der Waals surface area contributed by atoms with Crippen LogP contribution in [0.25, 0.3) is 5.57 Å². The highest BCUT2D eigenvalue weighted by Crippen LogP contribution is 2.37. The van der Waals surface area contributed by atoms with Gasteiger partial charge in [0.2, 0.25) is 5.88 Å². The van der Waals surface area contributed by atoms with Crippen LogP contribution in [-0.4, -0.2) is 87.6 Å². The third-order valence-corrected chi connectivity index (χ3v) is 7.71. The maximum Gasteiger partial charge on any atom is 0.434 e. The van der Waals surface area contributed by atoms with Crippen LogP contribution in [0.15, 0.2) is 60.9 Å². The fraction of sp³-hybridized carbons (Fsp3) is 0.452. The molecule has 244 valence electrons. The number of nitrogens with zero attached hydrogens (tertiary/aromatic N) is 5. The van der Waals surface area contributed by atoms with E-state index >= 15 is 0 Å². The summed E-state index contributed by atoms with van der Waals surface area (Å²) in [6.07, 6.45) is -2.27. The van der Waals surface area contributed by atoms with Crippen LogP contribution >= 0.6 is 0 Å². The number of anilines is 1. The minimum atomic E-state index is -4.62. The van der Waals surface area contributed by atoms with Crippen molar-refractivity contribution in [2.45, 2.75) is 63.2 Å². The molecule has 0 unspecified atom stereocenters. The molecule has 3 aromatic rings. The molecule has 0 spiro atoms. The van der Waals surface area contributed by atoms with E-state index in [2.05, 4.69) is 25.5 Å². The zero-order valence-corrected chi connectivity index (χ0v) is 25.1. The van der Waals surface area contributed by atoms with E-state index in [0.717, 1.165) is 11.1 Å². The molecule has 15 heteroatoms. The van der Waals surface area contributed by atoms with Crippen LogP contribution in [0.1, 0.15) is 37.2 Å². The summed E-state index contributed by atoms with van der Waals surface area (Å²) >= 11 is 0. The lowest BCUT2D eigenvalue weighted by Crippen LogP contribution is -2.55. The Morgan fingerprint density at radius 2 is 1.89 bits per heavy atom. The maximum absolute atomic E-state index is 13.1. The topological polar surface area (TPSA) is 130 Å². The first-order valence-electron chi connectivity index (χ1n) is 14.8. The fourth-order valence-corrected chi connectivity index (χ4v) is 5.48. The van der Waals surface area contributed by atoms with Crippen molar-refractivity contribution in [1.82, 2.24) is 25.1 Å². The zero-order valence-electron chi connectivity index (χ0n) is 25.1. The smallest absolute Gasteiger partial charge is 0.434 e. The number of amides is 1. The normalized spacial score (nSPS) is 24.1. The highest BCUT2D eigenvalue weighted by molar-refractivity contribution is 5.71. The Bertz CT molecular complexity index is 1540. The Morgan fingerprint density at radius 3 is 2.61 bits per heavy atom. The summed E-state index contributed by atoms with van der Waals surface area (Å²) in [7, 11) is 0. The Morgan fingerprint density at radius 1 is 1.09 bits per heavy atom. The zero-order chi connectivity index (χ0) is 32.3. The second kappa shape index (κ2) is 13.2. The van der Waals surface area contributed by atoms with Crippen LogP contribution in [0.4, 0.5) is 23.8 Å². The molecule has 2 aromatic heterocycles. The van der Waals surface area contributed by atoms with Crippen molar-refractivity contribution in [3.63, 3.8) is 0 Å². The number of fused-ring (bicyclic) bond motifs is 1. The van der Waals surface area contributed by atoms with Crippen molar-refractivity contribution >= 4 is 17.5 Å². The third kappa shape index (κ3) is 7.54. The molecule has 0 bridgehead atoms. The molecule has 46 heavy (non-hydrogen) atoms. The first-order valence-corrected chi connectivity index (χ1v) is 14.8. The summed E-state index contributed by atoms with van der Waals surface area (Å²) in [4.78, 5) is 21.4. The molecule has 2 saturated heterocycles. The van der Waals surface area contributed by atoms with Crippen LogP contribution in [-0.2, 0) is 31.7 Å². The van der Waals surface area contributed by atoms with Gasteiger partial charge in [0.1, 0.15) is 37.3 Å². The van der Waals surface area contributed by atoms with E-state index in [1.165, 1.54) is 6.20 Å². The van der Waals surface area contributed by atoms with Crippen molar-refractivity contribution < 1.29 is 41.7 Å². The van der Waals surface area contributed by atoms with Crippen molar-refractivity contribution in [2.75, 3.05) is 31.6 Å². The Labute approximate surface area is 262 Å². The predicted octanol–water partition coefficient (Wildman–Crippen LogP) is 4.49. The molecule has 3 aliphatic heterocycles. The van der Waals surface area contributed by atoms with Crippen molar-refractivity contribution in [2.24, 2.45) is 0 Å². The molecule has 3 aliphatic rings. The van der Waals surface area contributed by atoms with Gasteiger partial charge in [-0.2, -0.15) is 13.2 Å². The van der Waals surface area contributed by atoms with Crippen LogP contribution in [0, 0.1) is 0 Å². The molecule has 12 nitrogen and oxygen atoms in total. The van der Waals surface area contributed by atoms with Crippen LogP contribution in [0.3, 0.4) is 0 Å². The average Bonchev–Trinajstić information content (AvgIpc) is 3.39. The lowest BCUT2D eigenvalue weighted by molar-refractivity contribution is -0.156. The van der Waals surface area contributed by atoms with E-state index in [1.807, 2.05) is 36.4 Å². The molecule has 0 aliphatic carbocycles. The highest BCUT2D eigenvalue weighted by Gasteiger charge is 2.52. The fourth-order valence-electron chi connectivity index (χ4n) is 5.48. The largest absolute Gasteiger partial charge is 0.474 e. The van der Waals surface area contributed by atoms with E-state index in [9.17, 15) is 18.0 Å². The van der Waals surface area contributed by atoms with E-state index in [0.29, 0.717) is 31.4 Å². The average molecular weight is 643 g/mol. The predicted molar refractivity (Wildman–Crippen MR) is 156 cm³/mol. The van der Waals surface area contributed by atoms with Gasteiger partial charge in [-0.1, -0.05) is 36.4 Å². The molecule has 5 heterocycles. The lowest BCUT2D eigenvalue weighted by Gasteiger charge is -2.37. The molecule has 1 aromatic carbocycles. The first kappa shape index (κ1) is 31.6. The highest BCUT2D eigenvalue weighted by atomic mass is 19.4. The van der Waals surface area contributed by atoms with Crippen LogP contribution in [0.2, 0.25) is 0 Å². The van der Waals surface area contributed by atoms with Gasteiger partial charge in [-0.15, -0.1) is 10.2 Å². The number of hydrogen-bond acceptors (Lipinski definition) is 11. The van der Waals surface area contributed by atoms with Crippen molar-refractivity contribution in [1.29, 1.82) is 0 Å². The molecule has 6 rings (SSSR count). The van der Waals surface area contributed by atoms with Gasteiger partial charge in [-0.05, 0) is 37.5 Å².